The van der Waals surface area contributed by atoms with Gasteiger partial charge in [-0.3, -0.25) is 0 Å². The van der Waals surface area contributed by atoms with Gasteiger partial charge in [0, 0.05) is 5.92 Å². The van der Waals surface area contributed by atoms with Gasteiger partial charge >= 0.3 is 0 Å². The van der Waals surface area contributed by atoms with Crippen LogP contribution >= 0.6 is 0 Å². The third-order valence-electron chi connectivity index (χ3n) is 4.60. The maximum atomic E-state index is 5.31. The molecule has 0 saturated heterocycles. The SMILES string of the molecule is CC/C(=C(\c1ccc(OC)cc1)C1C=CC=C1)c1ccc(OC)cc1. The fraction of sp³-hybridized carbons (Fsp3) is 0.217. The van der Waals surface area contributed by atoms with Gasteiger partial charge in [0.2, 0.25) is 0 Å². The zero-order valence-corrected chi connectivity index (χ0v) is 15.0. The quantitative estimate of drug-likeness (QED) is 0.625. The molecule has 0 aliphatic heterocycles. The van der Waals surface area contributed by atoms with Crippen molar-refractivity contribution in [1.29, 1.82) is 0 Å². The Bertz CT molecular complexity index is 781. The standard InChI is InChI=1S/C23H24O2/c1-4-22(17-9-13-20(24-2)14-10-17)23(18-7-5-6-8-18)19-11-15-21(25-3)16-12-19/h5-16,18H,4H2,1-3H3/b23-22+. The van der Waals surface area contributed by atoms with Gasteiger partial charge in [-0.25, -0.2) is 0 Å². The molecule has 2 aromatic carbocycles. The van der Waals surface area contributed by atoms with E-state index in [1.165, 1.54) is 22.3 Å². The topological polar surface area (TPSA) is 18.5 Å². The normalized spacial score (nSPS) is 14.5. The van der Waals surface area contributed by atoms with E-state index in [4.69, 9.17) is 9.47 Å². The molecule has 0 aromatic heterocycles. The van der Waals surface area contributed by atoms with Crippen molar-refractivity contribution in [3.8, 4) is 11.5 Å². The van der Waals surface area contributed by atoms with Gasteiger partial charge in [-0.2, -0.15) is 0 Å². The van der Waals surface area contributed by atoms with Crippen LogP contribution in [0.2, 0.25) is 0 Å². The summed E-state index contributed by atoms with van der Waals surface area (Å²) >= 11 is 0. The van der Waals surface area contributed by atoms with Crippen molar-refractivity contribution in [3.05, 3.63) is 84.0 Å². The van der Waals surface area contributed by atoms with Crippen LogP contribution in [-0.4, -0.2) is 14.2 Å². The van der Waals surface area contributed by atoms with Crippen molar-refractivity contribution in [2.45, 2.75) is 13.3 Å². The van der Waals surface area contributed by atoms with Crippen LogP contribution in [0.4, 0.5) is 0 Å². The monoisotopic (exact) mass is 332 g/mol. The molecule has 2 aromatic rings. The van der Waals surface area contributed by atoms with E-state index in [0.717, 1.165) is 17.9 Å². The first-order chi connectivity index (χ1) is 12.3. The fourth-order valence-electron chi connectivity index (χ4n) is 3.31. The Morgan fingerprint density at radius 1 is 0.760 bits per heavy atom. The van der Waals surface area contributed by atoms with Crippen LogP contribution in [0.5, 0.6) is 11.5 Å². The van der Waals surface area contributed by atoms with Gasteiger partial charge in [-0.1, -0.05) is 55.5 Å². The van der Waals surface area contributed by atoms with Crippen LogP contribution in [0.25, 0.3) is 11.1 Å². The molecule has 0 bridgehead atoms. The molecule has 2 nitrogen and oxygen atoms in total. The Morgan fingerprint density at radius 3 is 1.68 bits per heavy atom. The lowest BCUT2D eigenvalue weighted by molar-refractivity contribution is 0.414. The highest BCUT2D eigenvalue weighted by Gasteiger charge is 2.18. The predicted octanol–water partition coefficient (Wildman–Crippen LogP) is 5.77. The average Bonchev–Trinajstić information content (AvgIpc) is 3.20. The van der Waals surface area contributed by atoms with Crippen LogP contribution < -0.4 is 9.47 Å². The highest BCUT2D eigenvalue weighted by atomic mass is 16.5. The first-order valence-corrected chi connectivity index (χ1v) is 8.63. The van der Waals surface area contributed by atoms with Gasteiger partial charge in [0.05, 0.1) is 14.2 Å². The van der Waals surface area contributed by atoms with Crippen LogP contribution in [0.3, 0.4) is 0 Å². The van der Waals surface area contributed by atoms with E-state index in [9.17, 15) is 0 Å². The molecule has 0 heterocycles. The Morgan fingerprint density at radius 2 is 1.24 bits per heavy atom. The average molecular weight is 332 g/mol. The molecule has 0 atom stereocenters. The number of hydrogen-bond donors (Lipinski definition) is 0. The Balaban J connectivity index is 2.13. The van der Waals surface area contributed by atoms with Crippen LogP contribution in [-0.2, 0) is 0 Å². The summed E-state index contributed by atoms with van der Waals surface area (Å²) in [7, 11) is 3.39. The van der Waals surface area contributed by atoms with Gasteiger partial charge in [0.25, 0.3) is 0 Å². The summed E-state index contributed by atoms with van der Waals surface area (Å²) in [6.07, 6.45) is 9.70. The van der Waals surface area contributed by atoms with E-state index in [-0.39, 0.29) is 0 Å². The van der Waals surface area contributed by atoms with Gasteiger partial charge in [-0.15, -0.1) is 0 Å². The summed E-state index contributed by atoms with van der Waals surface area (Å²) < 4.78 is 10.6. The van der Waals surface area contributed by atoms with Gasteiger partial charge in [-0.05, 0) is 53.0 Å². The van der Waals surface area contributed by atoms with Crippen molar-refractivity contribution in [2.75, 3.05) is 14.2 Å². The first-order valence-electron chi connectivity index (χ1n) is 8.63. The molecule has 0 fully saturated rings. The molecular formula is C23H24O2. The molecular weight excluding hydrogens is 308 g/mol. The third-order valence-corrected chi connectivity index (χ3v) is 4.60. The molecule has 0 amide bonds. The fourth-order valence-corrected chi connectivity index (χ4v) is 3.31. The number of benzene rings is 2. The van der Waals surface area contributed by atoms with E-state index in [1.54, 1.807) is 14.2 Å². The second-order valence-corrected chi connectivity index (χ2v) is 6.00. The van der Waals surface area contributed by atoms with Crippen molar-refractivity contribution >= 4 is 11.1 Å². The largest absolute Gasteiger partial charge is 0.497 e. The minimum absolute atomic E-state index is 0.297. The number of rotatable bonds is 6. The van der Waals surface area contributed by atoms with E-state index >= 15 is 0 Å². The lowest BCUT2D eigenvalue weighted by Crippen LogP contribution is -2.01. The van der Waals surface area contributed by atoms with Gasteiger partial charge in [0.1, 0.15) is 11.5 Å². The van der Waals surface area contributed by atoms with E-state index in [0.29, 0.717) is 5.92 Å². The molecule has 25 heavy (non-hydrogen) atoms. The van der Waals surface area contributed by atoms with Crippen molar-refractivity contribution < 1.29 is 9.47 Å². The van der Waals surface area contributed by atoms with E-state index < -0.39 is 0 Å². The molecule has 128 valence electrons. The molecule has 0 N–H and O–H groups in total. The zero-order chi connectivity index (χ0) is 17.6. The molecule has 2 heteroatoms. The van der Waals surface area contributed by atoms with Gasteiger partial charge < -0.3 is 9.47 Å². The highest BCUT2D eigenvalue weighted by Crippen LogP contribution is 2.38. The maximum absolute atomic E-state index is 5.31. The zero-order valence-electron chi connectivity index (χ0n) is 15.0. The minimum Gasteiger partial charge on any atom is -0.497 e. The second kappa shape index (κ2) is 7.89. The summed E-state index contributed by atoms with van der Waals surface area (Å²) in [4.78, 5) is 0. The number of hydrogen-bond acceptors (Lipinski definition) is 2. The smallest absolute Gasteiger partial charge is 0.118 e. The molecule has 1 aliphatic carbocycles. The summed E-state index contributed by atoms with van der Waals surface area (Å²) in [5, 5.41) is 0. The van der Waals surface area contributed by atoms with Crippen LogP contribution in [0.1, 0.15) is 24.5 Å². The Kier molecular flexibility index (Phi) is 5.39. The summed E-state index contributed by atoms with van der Waals surface area (Å²) in [5.41, 5.74) is 5.17. The predicted molar refractivity (Wildman–Crippen MR) is 105 cm³/mol. The van der Waals surface area contributed by atoms with E-state index in [2.05, 4.69) is 55.5 Å². The molecule has 0 spiro atoms. The highest BCUT2D eigenvalue weighted by molar-refractivity contribution is 5.93. The minimum atomic E-state index is 0.297. The van der Waals surface area contributed by atoms with Crippen molar-refractivity contribution in [1.82, 2.24) is 0 Å². The molecule has 0 unspecified atom stereocenters. The maximum Gasteiger partial charge on any atom is 0.118 e. The molecule has 1 aliphatic rings. The van der Waals surface area contributed by atoms with Crippen molar-refractivity contribution in [2.24, 2.45) is 5.92 Å². The van der Waals surface area contributed by atoms with Crippen LogP contribution in [0, 0.1) is 5.92 Å². The van der Waals surface area contributed by atoms with Gasteiger partial charge in [0.15, 0.2) is 0 Å². The Hall–Kier alpha value is -2.74. The lowest BCUT2D eigenvalue weighted by atomic mass is 9.85. The summed E-state index contributed by atoms with van der Waals surface area (Å²) in [6, 6.07) is 16.7. The molecule has 0 saturated carbocycles. The number of methoxy groups -OCH3 is 2. The summed E-state index contributed by atoms with van der Waals surface area (Å²) in [6.45, 7) is 2.21. The Labute approximate surface area is 150 Å². The van der Waals surface area contributed by atoms with Crippen LogP contribution in [0.15, 0.2) is 72.8 Å². The number of ether oxygens (including phenoxy) is 2. The third kappa shape index (κ3) is 3.69. The van der Waals surface area contributed by atoms with Crippen molar-refractivity contribution in [3.63, 3.8) is 0 Å². The first kappa shape index (κ1) is 17.1. The second-order valence-electron chi connectivity index (χ2n) is 6.00. The summed E-state index contributed by atoms with van der Waals surface area (Å²) in [5.74, 6) is 2.06. The number of allylic oxidation sites excluding steroid dienone is 6. The lowest BCUT2D eigenvalue weighted by Gasteiger charge is -2.19. The molecule has 0 radical (unpaired) electrons. The molecule has 3 rings (SSSR count). The van der Waals surface area contributed by atoms with E-state index in [1.807, 2.05) is 24.3 Å².